The fourth-order valence-electron chi connectivity index (χ4n) is 4.11. The van der Waals surface area contributed by atoms with E-state index in [1.165, 1.54) is 95.2 Å². The monoisotopic (exact) mass is 506 g/mol. The Kier molecular flexibility index (Phi) is 14.8. The summed E-state index contributed by atoms with van der Waals surface area (Å²) in [5, 5.41) is 5.03. The lowest BCUT2D eigenvalue weighted by Crippen LogP contribution is -2.08. The number of hydrogen-bond acceptors (Lipinski definition) is 7. The minimum Gasteiger partial charge on any atom is -0.476 e. The molecule has 2 aromatic rings. The molecular weight excluding hydrogens is 460 g/mol. The summed E-state index contributed by atoms with van der Waals surface area (Å²) in [6.07, 6.45) is 19.5. The fourth-order valence-corrected chi connectivity index (χ4v) is 4.63. The smallest absolute Gasteiger partial charge is 0.247 e. The van der Waals surface area contributed by atoms with Crippen LogP contribution in [0.5, 0.6) is 11.8 Å². The van der Waals surface area contributed by atoms with Crippen LogP contribution in [-0.2, 0) is 11.8 Å². The SMILES string of the molecule is CCCCCCCCCCCCCCCCOc1c2nc(SCC=O)nc(OC(C)C)c2nn1C. The van der Waals surface area contributed by atoms with E-state index in [0.717, 1.165) is 12.7 Å². The van der Waals surface area contributed by atoms with Crippen molar-refractivity contribution in [1.82, 2.24) is 19.7 Å². The van der Waals surface area contributed by atoms with Crippen LogP contribution < -0.4 is 9.47 Å². The van der Waals surface area contributed by atoms with Crippen LogP contribution in [-0.4, -0.2) is 44.5 Å². The molecule has 0 aliphatic rings. The number of hydrogen-bond donors (Lipinski definition) is 0. The first-order valence-corrected chi connectivity index (χ1v) is 14.7. The molecule has 0 aromatic carbocycles. The number of aromatic nitrogens is 4. The van der Waals surface area contributed by atoms with Gasteiger partial charge >= 0.3 is 0 Å². The molecule has 0 radical (unpaired) electrons. The van der Waals surface area contributed by atoms with Crippen molar-refractivity contribution in [2.75, 3.05) is 12.4 Å². The van der Waals surface area contributed by atoms with Gasteiger partial charge in [0.25, 0.3) is 0 Å². The van der Waals surface area contributed by atoms with E-state index >= 15 is 0 Å². The predicted octanol–water partition coefficient (Wildman–Crippen LogP) is 7.30. The Morgan fingerprint density at radius 3 is 1.97 bits per heavy atom. The third-order valence-electron chi connectivity index (χ3n) is 5.94. The van der Waals surface area contributed by atoms with Crippen LogP contribution in [0.4, 0.5) is 0 Å². The Hall–Kier alpha value is -1.83. The third kappa shape index (κ3) is 11.2. The summed E-state index contributed by atoms with van der Waals surface area (Å²) >= 11 is 1.28. The molecule has 0 spiro atoms. The van der Waals surface area contributed by atoms with Gasteiger partial charge in [0.1, 0.15) is 6.29 Å². The van der Waals surface area contributed by atoms with E-state index in [1.807, 2.05) is 20.9 Å². The summed E-state index contributed by atoms with van der Waals surface area (Å²) in [5.41, 5.74) is 1.23. The number of aryl methyl sites for hydroxylation is 1. The van der Waals surface area contributed by atoms with Gasteiger partial charge in [-0.15, -0.1) is 0 Å². The van der Waals surface area contributed by atoms with E-state index in [2.05, 4.69) is 22.0 Å². The van der Waals surface area contributed by atoms with E-state index in [4.69, 9.17) is 9.47 Å². The van der Waals surface area contributed by atoms with E-state index in [9.17, 15) is 4.79 Å². The lowest BCUT2D eigenvalue weighted by atomic mass is 10.0. The molecule has 0 saturated heterocycles. The number of aldehydes is 1. The van der Waals surface area contributed by atoms with E-state index in [-0.39, 0.29) is 6.10 Å². The molecule has 0 saturated carbocycles. The summed E-state index contributed by atoms with van der Waals surface area (Å²) in [5.74, 6) is 1.35. The highest BCUT2D eigenvalue weighted by Gasteiger charge is 2.20. The summed E-state index contributed by atoms with van der Waals surface area (Å²) in [6.45, 7) is 6.80. The number of ether oxygens (including phenoxy) is 2. The Bertz CT molecular complexity index is 857. The molecule has 8 heteroatoms. The van der Waals surface area contributed by atoms with Crippen molar-refractivity contribution in [1.29, 1.82) is 0 Å². The number of nitrogens with zero attached hydrogens (tertiary/aromatic N) is 4. The van der Waals surface area contributed by atoms with Gasteiger partial charge in [-0.25, -0.2) is 9.67 Å². The van der Waals surface area contributed by atoms with Gasteiger partial charge in [-0.3, -0.25) is 0 Å². The lowest BCUT2D eigenvalue weighted by molar-refractivity contribution is -0.105. The molecular formula is C27H46N4O3S. The number of fused-ring (bicyclic) bond motifs is 1. The Morgan fingerprint density at radius 1 is 0.857 bits per heavy atom. The van der Waals surface area contributed by atoms with Crippen molar-refractivity contribution in [3.8, 4) is 11.8 Å². The van der Waals surface area contributed by atoms with Crippen molar-refractivity contribution in [3.05, 3.63) is 0 Å². The zero-order chi connectivity index (χ0) is 25.3. The molecule has 2 heterocycles. The molecule has 0 atom stereocenters. The van der Waals surface area contributed by atoms with Crippen molar-refractivity contribution in [2.45, 2.75) is 122 Å². The maximum Gasteiger partial charge on any atom is 0.247 e. The van der Waals surface area contributed by atoms with Gasteiger partial charge in [0.05, 0.1) is 18.5 Å². The molecule has 35 heavy (non-hydrogen) atoms. The molecule has 198 valence electrons. The van der Waals surface area contributed by atoms with Crippen LogP contribution in [0, 0.1) is 0 Å². The summed E-state index contributed by atoms with van der Waals surface area (Å²) in [4.78, 5) is 19.8. The molecule has 0 unspecified atom stereocenters. The van der Waals surface area contributed by atoms with Crippen molar-refractivity contribution < 1.29 is 14.3 Å². The number of unbranched alkanes of at least 4 members (excludes halogenated alkanes) is 13. The average molecular weight is 507 g/mol. The molecule has 0 fully saturated rings. The van der Waals surface area contributed by atoms with Gasteiger partial charge in [-0.1, -0.05) is 102 Å². The second-order valence-electron chi connectivity index (χ2n) is 9.53. The van der Waals surface area contributed by atoms with Crippen LogP contribution in [0.3, 0.4) is 0 Å². The van der Waals surface area contributed by atoms with E-state index in [1.54, 1.807) is 4.68 Å². The molecule has 0 amide bonds. The minimum absolute atomic E-state index is 0.0426. The highest BCUT2D eigenvalue weighted by atomic mass is 32.2. The summed E-state index contributed by atoms with van der Waals surface area (Å²) < 4.78 is 13.7. The van der Waals surface area contributed by atoms with Crippen LogP contribution >= 0.6 is 11.8 Å². The normalized spacial score (nSPS) is 11.5. The lowest BCUT2D eigenvalue weighted by Gasteiger charge is -2.10. The topological polar surface area (TPSA) is 79.1 Å². The van der Waals surface area contributed by atoms with Crippen molar-refractivity contribution >= 4 is 29.1 Å². The zero-order valence-corrected chi connectivity index (χ0v) is 23.2. The molecule has 0 N–H and O–H groups in total. The first kappa shape index (κ1) is 29.4. The van der Waals surface area contributed by atoms with Crippen LogP contribution in [0.15, 0.2) is 5.16 Å². The number of thioether (sulfide) groups is 1. The second kappa shape index (κ2) is 17.6. The third-order valence-corrected chi connectivity index (χ3v) is 6.69. The van der Waals surface area contributed by atoms with Gasteiger partial charge < -0.3 is 14.3 Å². The molecule has 0 aliphatic carbocycles. The van der Waals surface area contributed by atoms with Crippen LogP contribution in [0.2, 0.25) is 0 Å². The predicted molar refractivity (Wildman–Crippen MR) is 145 cm³/mol. The Labute approximate surface area is 216 Å². The van der Waals surface area contributed by atoms with E-state index < -0.39 is 0 Å². The van der Waals surface area contributed by atoms with Gasteiger partial charge in [0, 0.05) is 7.05 Å². The minimum atomic E-state index is -0.0426. The standard InChI is InChI=1S/C27H46N4O3S/c1-5-6-7-8-9-10-11-12-13-14-15-16-17-18-20-33-26-24-23(30-31(26)4)25(34-22(2)3)29-27(28-24)35-21-19-32/h19,22H,5-18,20-21H2,1-4H3. The molecule has 0 aliphatic heterocycles. The molecule has 2 aromatic heterocycles. The van der Waals surface area contributed by atoms with Crippen LogP contribution in [0.25, 0.3) is 11.0 Å². The summed E-state index contributed by atoms with van der Waals surface area (Å²) in [7, 11) is 1.85. The van der Waals surface area contributed by atoms with Gasteiger partial charge in [0.15, 0.2) is 16.2 Å². The molecule has 2 rings (SSSR count). The van der Waals surface area contributed by atoms with Gasteiger partial charge in [-0.05, 0) is 20.3 Å². The highest BCUT2D eigenvalue weighted by Crippen LogP contribution is 2.32. The Balaban J connectivity index is 1.69. The van der Waals surface area contributed by atoms with Crippen molar-refractivity contribution in [3.63, 3.8) is 0 Å². The number of carbonyl (C=O) groups is 1. The van der Waals surface area contributed by atoms with Crippen LogP contribution in [0.1, 0.15) is 111 Å². The van der Waals surface area contributed by atoms with Gasteiger partial charge in [0.2, 0.25) is 11.8 Å². The first-order valence-electron chi connectivity index (χ1n) is 13.7. The maximum absolute atomic E-state index is 10.8. The average Bonchev–Trinajstić information content (AvgIpc) is 3.15. The molecule has 7 nitrogen and oxygen atoms in total. The fraction of sp³-hybridized carbons (Fsp3) is 0.778. The Morgan fingerprint density at radius 2 is 1.43 bits per heavy atom. The second-order valence-corrected chi connectivity index (χ2v) is 10.5. The quantitative estimate of drug-likeness (QED) is 0.0760. The molecule has 0 bridgehead atoms. The largest absolute Gasteiger partial charge is 0.476 e. The van der Waals surface area contributed by atoms with Gasteiger partial charge in [-0.2, -0.15) is 10.1 Å². The maximum atomic E-state index is 10.8. The highest BCUT2D eigenvalue weighted by molar-refractivity contribution is 7.99. The zero-order valence-electron chi connectivity index (χ0n) is 22.4. The number of rotatable bonds is 21. The van der Waals surface area contributed by atoms with E-state index in [0.29, 0.717) is 40.3 Å². The van der Waals surface area contributed by atoms with Crippen molar-refractivity contribution in [2.24, 2.45) is 7.05 Å². The first-order chi connectivity index (χ1) is 17.1. The summed E-state index contributed by atoms with van der Waals surface area (Å²) in [6, 6.07) is 0. The number of carbonyl (C=O) groups excluding carboxylic acids is 1.